The van der Waals surface area contributed by atoms with Crippen LogP contribution in [0, 0.1) is 0 Å². The molecule has 1 aliphatic rings. The van der Waals surface area contributed by atoms with Crippen molar-refractivity contribution in [2.45, 2.75) is 18.9 Å². The highest BCUT2D eigenvalue weighted by atomic mass is 16.5. The van der Waals surface area contributed by atoms with Crippen molar-refractivity contribution in [3.05, 3.63) is 54.0 Å². The lowest BCUT2D eigenvalue weighted by molar-refractivity contribution is -0.121. The molecule has 1 atom stereocenters. The first-order chi connectivity index (χ1) is 11.2. The van der Waals surface area contributed by atoms with E-state index in [1.54, 1.807) is 12.1 Å². The summed E-state index contributed by atoms with van der Waals surface area (Å²) in [7, 11) is 0. The fraction of sp³-hybridized carbons (Fsp3) is 0.294. The first-order valence-corrected chi connectivity index (χ1v) is 7.57. The molecule has 0 spiro atoms. The molecule has 0 unspecified atom stereocenters. The van der Waals surface area contributed by atoms with Gasteiger partial charge in [0.05, 0.1) is 18.9 Å². The maximum atomic E-state index is 12.1. The number of fused-ring (bicyclic) bond motifs is 1. The fourth-order valence-corrected chi connectivity index (χ4v) is 2.54. The van der Waals surface area contributed by atoms with Crippen LogP contribution in [0.4, 0.5) is 0 Å². The number of para-hydroxylation sites is 1. The van der Waals surface area contributed by atoms with E-state index >= 15 is 0 Å². The van der Waals surface area contributed by atoms with Crippen LogP contribution in [0.2, 0.25) is 0 Å². The van der Waals surface area contributed by atoms with Crippen molar-refractivity contribution in [2.75, 3.05) is 13.2 Å². The monoisotopic (exact) mass is 314 g/mol. The molecule has 23 heavy (non-hydrogen) atoms. The zero-order valence-electron chi connectivity index (χ0n) is 12.6. The SMILES string of the molecule is O=C(CCNC(=O)c1ccco1)N[C@H]1CCOc2ccccc21. The highest BCUT2D eigenvalue weighted by Crippen LogP contribution is 2.31. The van der Waals surface area contributed by atoms with Crippen LogP contribution >= 0.6 is 0 Å². The average Bonchev–Trinajstić information content (AvgIpc) is 3.10. The van der Waals surface area contributed by atoms with Gasteiger partial charge in [0.1, 0.15) is 5.75 Å². The Morgan fingerprint density at radius 3 is 2.87 bits per heavy atom. The minimum Gasteiger partial charge on any atom is -0.493 e. The van der Waals surface area contributed by atoms with Gasteiger partial charge in [0.25, 0.3) is 5.91 Å². The fourth-order valence-electron chi connectivity index (χ4n) is 2.54. The summed E-state index contributed by atoms with van der Waals surface area (Å²) in [6.45, 7) is 0.841. The van der Waals surface area contributed by atoms with Crippen LogP contribution in [-0.4, -0.2) is 25.0 Å². The van der Waals surface area contributed by atoms with Gasteiger partial charge in [-0.25, -0.2) is 0 Å². The first kappa shape index (κ1) is 15.1. The minimum absolute atomic E-state index is 0.0479. The predicted octanol–water partition coefficient (Wildman–Crippen LogP) is 2.04. The molecule has 0 radical (unpaired) electrons. The summed E-state index contributed by atoms with van der Waals surface area (Å²) in [4.78, 5) is 23.8. The molecule has 0 fully saturated rings. The van der Waals surface area contributed by atoms with Crippen molar-refractivity contribution < 1.29 is 18.7 Å². The second-order valence-electron chi connectivity index (χ2n) is 5.28. The van der Waals surface area contributed by atoms with E-state index in [1.165, 1.54) is 6.26 Å². The van der Waals surface area contributed by atoms with Crippen LogP contribution < -0.4 is 15.4 Å². The van der Waals surface area contributed by atoms with Crippen molar-refractivity contribution in [2.24, 2.45) is 0 Å². The van der Waals surface area contributed by atoms with Gasteiger partial charge in [-0.05, 0) is 18.2 Å². The maximum absolute atomic E-state index is 12.1. The first-order valence-electron chi connectivity index (χ1n) is 7.57. The number of nitrogens with one attached hydrogen (secondary N) is 2. The number of benzene rings is 1. The molecule has 0 saturated heterocycles. The zero-order chi connectivity index (χ0) is 16.1. The Hall–Kier alpha value is -2.76. The normalized spacial score (nSPS) is 16.1. The van der Waals surface area contributed by atoms with Crippen LogP contribution in [0.25, 0.3) is 0 Å². The van der Waals surface area contributed by atoms with Crippen LogP contribution in [0.15, 0.2) is 47.1 Å². The topological polar surface area (TPSA) is 80.6 Å². The summed E-state index contributed by atoms with van der Waals surface area (Å²) in [5, 5.41) is 5.64. The molecule has 120 valence electrons. The van der Waals surface area contributed by atoms with Crippen molar-refractivity contribution in [3.63, 3.8) is 0 Å². The van der Waals surface area contributed by atoms with Gasteiger partial charge >= 0.3 is 0 Å². The van der Waals surface area contributed by atoms with E-state index in [-0.39, 0.29) is 36.6 Å². The van der Waals surface area contributed by atoms with Crippen LogP contribution in [0.5, 0.6) is 5.75 Å². The number of amides is 2. The molecule has 6 nitrogen and oxygen atoms in total. The Morgan fingerprint density at radius 1 is 1.17 bits per heavy atom. The Bertz CT molecular complexity index is 682. The van der Waals surface area contributed by atoms with Gasteiger partial charge in [-0.15, -0.1) is 0 Å². The summed E-state index contributed by atoms with van der Waals surface area (Å²) < 4.78 is 10.6. The van der Waals surface area contributed by atoms with E-state index in [4.69, 9.17) is 9.15 Å². The molecular weight excluding hydrogens is 296 g/mol. The van der Waals surface area contributed by atoms with Crippen LogP contribution in [0.3, 0.4) is 0 Å². The molecule has 0 saturated carbocycles. The molecule has 1 aromatic heterocycles. The smallest absolute Gasteiger partial charge is 0.286 e. The van der Waals surface area contributed by atoms with Gasteiger partial charge in [0, 0.05) is 24.9 Å². The standard InChI is InChI=1S/C17H18N2O4/c20-16(7-9-18-17(21)15-6-3-10-22-15)19-13-8-11-23-14-5-2-1-4-12(13)14/h1-6,10,13H,7-9,11H2,(H,18,21)(H,19,20)/t13-/m0/s1. The number of ether oxygens (including phenoxy) is 1. The molecular formula is C17H18N2O4. The van der Waals surface area contributed by atoms with Crippen LogP contribution in [-0.2, 0) is 4.79 Å². The van der Waals surface area contributed by atoms with E-state index in [9.17, 15) is 9.59 Å². The predicted molar refractivity (Wildman–Crippen MR) is 83.1 cm³/mol. The van der Waals surface area contributed by atoms with Crippen molar-refractivity contribution in [1.82, 2.24) is 10.6 Å². The molecule has 0 aliphatic carbocycles. The number of carbonyl (C=O) groups is 2. The Morgan fingerprint density at radius 2 is 2.04 bits per heavy atom. The Balaban J connectivity index is 1.48. The zero-order valence-corrected chi connectivity index (χ0v) is 12.6. The number of hydrogen-bond donors (Lipinski definition) is 2. The highest BCUT2D eigenvalue weighted by molar-refractivity contribution is 5.91. The summed E-state index contributed by atoms with van der Waals surface area (Å²) in [6.07, 6.45) is 2.39. The lowest BCUT2D eigenvalue weighted by Crippen LogP contribution is -2.34. The van der Waals surface area contributed by atoms with Gasteiger partial charge in [-0.1, -0.05) is 18.2 Å². The average molecular weight is 314 g/mol. The second-order valence-corrected chi connectivity index (χ2v) is 5.28. The van der Waals surface area contributed by atoms with Gasteiger partial charge in [-0.3, -0.25) is 9.59 Å². The van der Waals surface area contributed by atoms with E-state index < -0.39 is 0 Å². The number of furan rings is 1. The molecule has 2 N–H and O–H groups in total. The van der Waals surface area contributed by atoms with Gasteiger partial charge in [0.2, 0.25) is 5.91 Å². The number of rotatable bonds is 5. The lowest BCUT2D eigenvalue weighted by Gasteiger charge is -2.26. The van der Waals surface area contributed by atoms with Crippen LogP contribution in [0.1, 0.15) is 35.0 Å². The van der Waals surface area contributed by atoms with E-state index in [0.717, 1.165) is 17.7 Å². The number of carbonyl (C=O) groups excluding carboxylic acids is 2. The maximum Gasteiger partial charge on any atom is 0.286 e. The largest absolute Gasteiger partial charge is 0.493 e. The van der Waals surface area contributed by atoms with E-state index in [1.807, 2.05) is 24.3 Å². The van der Waals surface area contributed by atoms with E-state index in [0.29, 0.717) is 6.61 Å². The summed E-state index contributed by atoms with van der Waals surface area (Å²) >= 11 is 0. The van der Waals surface area contributed by atoms with Gasteiger partial charge < -0.3 is 19.8 Å². The Labute approximate surface area is 133 Å². The van der Waals surface area contributed by atoms with Crippen molar-refractivity contribution in [3.8, 4) is 5.75 Å². The molecule has 2 amide bonds. The molecule has 1 aliphatic heterocycles. The van der Waals surface area contributed by atoms with E-state index in [2.05, 4.69) is 10.6 Å². The molecule has 3 rings (SSSR count). The summed E-state index contributed by atoms with van der Waals surface area (Å²) in [6, 6.07) is 10.9. The summed E-state index contributed by atoms with van der Waals surface area (Å²) in [5.74, 6) is 0.629. The molecule has 2 heterocycles. The van der Waals surface area contributed by atoms with Crippen molar-refractivity contribution >= 4 is 11.8 Å². The third-order valence-corrected chi connectivity index (χ3v) is 3.68. The highest BCUT2D eigenvalue weighted by Gasteiger charge is 2.22. The van der Waals surface area contributed by atoms with Crippen molar-refractivity contribution in [1.29, 1.82) is 0 Å². The molecule has 6 heteroatoms. The summed E-state index contributed by atoms with van der Waals surface area (Å²) in [5.41, 5.74) is 0.992. The molecule has 2 aromatic rings. The lowest BCUT2D eigenvalue weighted by atomic mass is 10.0. The molecule has 1 aromatic carbocycles. The number of hydrogen-bond acceptors (Lipinski definition) is 4. The third-order valence-electron chi connectivity index (χ3n) is 3.68. The van der Waals surface area contributed by atoms with Gasteiger partial charge in [-0.2, -0.15) is 0 Å². The quantitative estimate of drug-likeness (QED) is 0.885. The second kappa shape index (κ2) is 7.00. The third kappa shape index (κ3) is 3.71. The minimum atomic E-state index is -0.320. The van der Waals surface area contributed by atoms with Gasteiger partial charge in [0.15, 0.2) is 5.76 Å². The molecule has 0 bridgehead atoms. The Kier molecular flexibility index (Phi) is 4.61.